The third-order valence-electron chi connectivity index (χ3n) is 5.17. The van der Waals surface area contributed by atoms with Crippen molar-refractivity contribution in [2.75, 3.05) is 5.32 Å². The van der Waals surface area contributed by atoms with Crippen molar-refractivity contribution in [1.82, 2.24) is 24.4 Å². The maximum absolute atomic E-state index is 13.9. The Kier molecular flexibility index (Phi) is 4.95. The normalized spacial score (nSPS) is 11.1. The van der Waals surface area contributed by atoms with Gasteiger partial charge in [0.25, 0.3) is 5.91 Å². The van der Waals surface area contributed by atoms with Gasteiger partial charge < -0.3 is 5.32 Å². The largest absolute Gasteiger partial charge is 0.319 e. The van der Waals surface area contributed by atoms with Gasteiger partial charge in [-0.3, -0.25) is 9.48 Å². The van der Waals surface area contributed by atoms with Crippen molar-refractivity contribution in [3.8, 4) is 11.3 Å². The van der Waals surface area contributed by atoms with Gasteiger partial charge in [-0.05, 0) is 19.1 Å². The van der Waals surface area contributed by atoms with Gasteiger partial charge in [0.1, 0.15) is 11.4 Å². The molecular formula is C24H19FN6O. The van der Waals surface area contributed by atoms with Crippen LogP contribution in [0.3, 0.4) is 0 Å². The molecule has 0 fully saturated rings. The summed E-state index contributed by atoms with van der Waals surface area (Å²) < 4.78 is 17.1. The van der Waals surface area contributed by atoms with Crippen LogP contribution in [0.1, 0.15) is 21.5 Å². The third-order valence-corrected chi connectivity index (χ3v) is 5.17. The molecule has 0 bridgehead atoms. The first kappa shape index (κ1) is 19.6. The summed E-state index contributed by atoms with van der Waals surface area (Å²) in [6.07, 6.45) is 6.34. The van der Waals surface area contributed by atoms with Crippen LogP contribution in [0, 0.1) is 12.7 Å². The predicted octanol–water partition coefficient (Wildman–Crippen LogP) is 4.34. The van der Waals surface area contributed by atoms with Crippen LogP contribution in [0.25, 0.3) is 16.9 Å². The summed E-state index contributed by atoms with van der Waals surface area (Å²) >= 11 is 0. The molecule has 8 heteroatoms. The molecule has 3 heterocycles. The highest BCUT2D eigenvalue weighted by Crippen LogP contribution is 2.22. The molecule has 0 spiro atoms. The number of nitrogens with one attached hydrogen (secondary N) is 1. The Morgan fingerprint density at radius 1 is 1.03 bits per heavy atom. The minimum absolute atomic E-state index is 0.265. The number of rotatable bonds is 5. The monoisotopic (exact) mass is 426 g/mol. The zero-order valence-electron chi connectivity index (χ0n) is 17.2. The van der Waals surface area contributed by atoms with Crippen LogP contribution in [0.15, 0.2) is 79.4 Å². The molecule has 0 atom stereocenters. The average Bonchev–Trinajstić information content (AvgIpc) is 3.42. The van der Waals surface area contributed by atoms with Crippen LogP contribution in [-0.2, 0) is 6.54 Å². The van der Waals surface area contributed by atoms with Gasteiger partial charge in [0.05, 0.1) is 30.3 Å². The van der Waals surface area contributed by atoms with E-state index in [0.29, 0.717) is 22.5 Å². The maximum Gasteiger partial charge on any atom is 0.261 e. The van der Waals surface area contributed by atoms with E-state index in [0.717, 1.165) is 16.8 Å². The lowest BCUT2D eigenvalue weighted by Crippen LogP contribution is -2.11. The second-order valence-electron chi connectivity index (χ2n) is 7.46. The highest BCUT2D eigenvalue weighted by molar-refractivity contribution is 6.08. The Morgan fingerprint density at radius 3 is 2.66 bits per heavy atom. The summed E-state index contributed by atoms with van der Waals surface area (Å²) in [4.78, 5) is 17.3. The predicted molar refractivity (Wildman–Crippen MR) is 119 cm³/mol. The first-order chi connectivity index (χ1) is 15.6. The SMILES string of the molecule is Cc1ccc(-c2ccnc3c(C(=O)Nc4cnn(Cc5ccccc5F)c4)cnn23)cc1. The first-order valence-corrected chi connectivity index (χ1v) is 10.1. The number of hydrogen-bond donors (Lipinski definition) is 1. The Labute approximate surface area is 183 Å². The molecule has 7 nitrogen and oxygen atoms in total. The zero-order chi connectivity index (χ0) is 22.1. The topological polar surface area (TPSA) is 77.1 Å². The van der Waals surface area contributed by atoms with Crippen LogP contribution in [-0.4, -0.2) is 30.3 Å². The van der Waals surface area contributed by atoms with Gasteiger partial charge >= 0.3 is 0 Å². The van der Waals surface area contributed by atoms with Crippen LogP contribution < -0.4 is 5.32 Å². The van der Waals surface area contributed by atoms with E-state index in [1.165, 1.54) is 18.5 Å². The summed E-state index contributed by atoms with van der Waals surface area (Å²) in [6.45, 7) is 2.29. The Hall–Kier alpha value is -4.33. The second kappa shape index (κ2) is 8.07. The highest BCUT2D eigenvalue weighted by Gasteiger charge is 2.17. The number of nitrogens with zero attached hydrogens (tertiary/aromatic N) is 5. The van der Waals surface area contributed by atoms with Gasteiger partial charge in [-0.1, -0.05) is 48.0 Å². The smallest absolute Gasteiger partial charge is 0.261 e. The van der Waals surface area contributed by atoms with Crippen molar-refractivity contribution in [2.45, 2.75) is 13.5 Å². The van der Waals surface area contributed by atoms with Gasteiger partial charge in [-0.25, -0.2) is 13.9 Å². The number of aryl methyl sites for hydroxylation is 1. The Balaban J connectivity index is 1.38. The Bertz CT molecular complexity index is 1420. The van der Waals surface area contributed by atoms with E-state index in [1.807, 2.05) is 37.3 Å². The molecule has 1 amide bonds. The molecule has 2 aromatic carbocycles. The standard InChI is InChI=1S/C24H19FN6O/c1-16-6-8-17(9-7-16)22-10-11-26-23-20(13-28-31(22)23)24(32)29-19-12-27-30(15-19)14-18-4-2-3-5-21(18)25/h2-13,15H,14H2,1H3,(H,29,32). The molecule has 0 radical (unpaired) electrons. The summed E-state index contributed by atoms with van der Waals surface area (Å²) in [5.74, 6) is -0.644. The second-order valence-corrected chi connectivity index (χ2v) is 7.46. The molecule has 0 aliphatic carbocycles. The molecule has 32 heavy (non-hydrogen) atoms. The number of carbonyl (C=O) groups excluding carboxylic acids is 1. The third kappa shape index (κ3) is 3.74. The van der Waals surface area contributed by atoms with E-state index in [1.54, 1.807) is 39.8 Å². The van der Waals surface area contributed by atoms with Gasteiger partial charge in [0, 0.05) is 23.5 Å². The van der Waals surface area contributed by atoms with E-state index in [4.69, 9.17) is 0 Å². The van der Waals surface area contributed by atoms with Gasteiger partial charge in [-0.15, -0.1) is 0 Å². The summed E-state index contributed by atoms with van der Waals surface area (Å²) in [7, 11) is 0. The highest BCUT2D eigenvalue weighted by atomic mass is 19.1. The zero-order valence-corrected chi connectivity index (χ0v) is 17.2. The fraction of sp³-hybridized carbons (Fsp3) is 0.0833. The Morgan fingerprint density at radius 2 is 1.84 bits per heavy atom. The van der Waals surface area contributed by atoms with Crippen molar-refractivity contribution >= 4 is 17.2 Å². The summed E-state index contributed by atoms with van der Waals surface area (Å²) in [5, 5.41) is 11.4. The van der Waals surface area contributed by atoms with Crippen LogP contribution in [0.5, 0.6) is 0 Å². The number of aromatic nitrogens is 5. The van der Waals surface area contributed by atoms with Gasteiger partial charge in [0.15, 0.2) is 5.65 Å². The fourth-order valence-electron chi connectivity index (χ4n) is 3.51. The van der Waals surface area contributed by atoms with Crippen molar-refractivity contribution in [3.63, 3.8) is 0 Å². The van der Waals surface area contributed by atoms with Crippen molar-refractivity contribution in [1.29, 1.82) is 0 Å². The molecule has 0 saturated carbocycles. The van der Waals surface area contributed by atoms with Crippen LogP contribution in [0.2, 0.25) is 0 Å². The minimum atomic E-state index is -0.348. The van der Waals surface area contributed by atoms with Crippen LogP contribution in [0.4, 0.5) is 10.1 Å². The number of hydrogen-bond acceptors (Lipinski definition) is 4. The number of anilines is 1. The molecule has 5 rings (SSSR count). The van der Waals surface area contributed by atoms with E-state index in [2.05, 4.69) is 20.5 Å². The quantitative estimate of drug-likeness (QED) is 0.454. The number of halogens is 1. The minimum Gasteiger partial charge on any atom is -0.319 e. The number of fused-ring (bicyclic) bond motifs is 1. The van der Waals surface area contributed by atoms with Crippen molar-refractivity contribution < 1.29 is 9.18 Å². The molecule has 0 saturated heterocycles. The number of amides is 1. The summed E-state index contributed by atoms with van der Waals surface area (Å²) in [6, 6.07) is 16.4. The summed E-state index contributed by atoms with van der Waals surface area (Å²) in [5.41, 5.74) is 4.80. The molecule has 0 unspecified atom stereocenters. The lowest BCUT2D eigenvalue weighted by molar-refractivity contribution is 0.102. The van der Waals surface area contributed by atoms with Gasteiger partial charge in [0.2, 0.25) is 0 Å². The van der Waals surface area contributed by atoms with E-state index in [9.17, 15) is 9.18 Å². The molecule has 3 aromatic heterocycles. The fourth-order valence-corrected chi connectivity index (χ4v) is 3.51. The molecule has 1 N–H and O–H groups in total. The van der Waals surface area contributed by atoms with E-state index >= 15 is 0 Å². The maximum atomic E-state index is 13.9. The van der Waals surface area contributed by atoms with E-state index < -0.39 is 0 Å². The van der Waals surface area contributed by atoms with Crippen LogP contribution >= 0.6 is 0 Å². The average molecular weight is 426 g/mol. The molecule has 0 aliphatic rings. The number of carbonyl (C=O) groups is 1. The molecule has 5 aromatic rings. The van der Waals surface area contributed by atoms with Crippen molar-refractivity contribution in [2.24, 2.45) is 0 Å². The van der Waals surface area contributed by atoms with Gasteiger partial charge in [-0.2, -0.15) is 10.2 Å². The molecule has 158 valence electrons. The molecular weight excluding hydrogens is 407 g/mol. The lowest BCUT2D eigenvalue weighted by Gasteiger charge is -2.06. The molecule has 0 aliphatic heterocycles. The van der Waals surface area contributed by atoms with Crippen molar-refractivity contribution in [3.05, 3.63) is 102 Å². The first-order valence-electron chi connectivity index (χ1n) is 10.1. The lowest BCUT2D eigenvalue weighted by atomic mass is 10.1. The van der Waals surface area contributed by atoms with E-state index in [-0.39, 0.29) is 18.3 Å². The number of benzene rings is 2.